The van der Waals surface area contributed by atoms with Crippen molar-refractivity contribution in [2.45, 2.75) is 0 Å². The number of hydrogen-bond acceptors (Lipinski definition) is 5. The molecule has 7 heteroatoms. The first-order valence-electron chi connectivity index (χ1n) is 5.91. The minimum absolute atomic E-state index is 0.535. The molecule has 0 aliphatic carbocycles. The van der Waals surface area contributed by atoms with Crippen LogP contribution in [0, 0.1) is 11.5 Å². The van der Waals surface area contributed by atoms with Gasteiger partial charge in [0.1, 0.15) is 18.0 Å². The van der Waals surface area contributed by atoms with E-state index in [0.29, 0.717) is 23.2 Å². The van der Waals surface area contributed by atoms with Gasteiger partial charge in [0.2, 0.25) is 0 Å². The number of nitrogens with zero attached hydrogens (tertiary/aromatic N) is 3. The van der Waals surface area contributed by atoms with E-state index < -0.39 is 0 Å². The fourth-order valence-electron chi connectivity index (χ4n) is 1.32. The molecule has 1 rings (SSSR count). The molecule has 0 atom stereocenters. The van der Waals surface area contributed by atoms with Crippen molar-refractivity contribution in [1.82, 2.24) is 10.2 Å². The molecule has 0 aliphatic rings. The second kappa shape index (κ2) is 8.84. The number of likely N-dealkylation sites (N-methyl/N-ethyl adjacent to an activating group) is 1. The molecule has 0 spiro atoms. The molecule has 1 aromatic carbocycles. The van der Waals surface area contributed by atoms with Gasteiger partial charge in [-0.25, -0.2) is 4.99 Å². The highest BCUT2D eigenvalue weighted by Gasteiger charge is 2.06. The molecule has 5 nitrogen and oxygen atoms in total. The predicted molar refractivity (Wildman–Crippen MR) is 87.5 cm³/mol. The largest absolute Gasteiger partial charge is 0.490 e. The molecule has 0 amide bonds. The quantitative estimate of drug-likeness (QED) is 0.380. The molecule has 0 bridgehead atoms. The third-order valence-electron chi connectivity index (χ3n) is 2.30. The smallest absolute Gasteiger partial charge is 0.183 e. The summed E-state index contributed by atoms with van der Waals surface area (Å²) in [5, 5.41) is 11.7. The van der Waals surface area contributed by atoms with Gasteiger partial charge >= 0.3 is 0 Å². The summed E-state index contributed by atoms with van der Waals surface area (Å²) in [5.41, 5.74) is 0.694. The van der Waals surface area contributed by atoms with E-state index in [1.54, 1.807) is 0 Å². The van der Waals surface area contributed by atoms with Crippen LogP contribution in [0.3, 0.4) is 0 Å². The van der Waals surface area contributed by atoms with Gasteiger partial charge in [-0.2, -0.15) is 5.26 Å². The van der Waals surface area contributed by atoms with E-state index in [1.165, 1.54) is 11.8 Å². The minimum Gasteiger partial charge on any atom is -0.490 e. The number of nitriles is 1. The van der Waals surface area contributed by atoms with Crippen LogP contribution in [0.25, 0.3) is 0 Å². The first kappa shape index (κ1) is 16.8. The van der Waals surface area contributed by atoms with Gasteiger partial charge in [0, 0.05) is 11.0 Å². The Morgan fingerprint density at radius 2 is 2.30 bits per heavy atom. The normalized spacial score (nSPS) is 11.3. The summed E-state index contributed by atoms with van der Waals surface area (Å²) in [7, 11) is 3.98. The Morgan fingerprint density at radius 1 is 1.55 bits per heavy atom. The molecule has 0 fully saturated rings. The number of aliphatic imine (C=N–C) groups is 1. The Labute approximate surface area is 132 Å². The van der Waals surface area contributed by atoms with Crippen molar-refractivity contribution in [1.29, 1.82) is 5.26 Å². The Morgan fingerprint density at radius 3 is 2.90 bits per heavy atom. The maximum atomic E-state index is 8.66. The van der Waals surface area contributed by atoms with Crippen molar-refractivity contribution in [3.8, 4) is 11.9 Å². The molecule has 0 saturated carbocycles. The van der Waals surface area contributed by atoms with Crippen LogP contribution in [0.5, 0.6) is 5.75 Å². The maximum Gasteiger partial charge on any atom is 0.183 e. The van der Waals surface area contributed by atoms with Crippen LogP contribution in [0.2, 0.25) is 0 Å². The number of rotatable bonds is 5. The van der Waals surface area contributed by atoms with Crippen molar-refractivity contribution in [2.75, 3.05) is 33.5 Å². The van der Waals surface area contributed by atoms with Gasteiger partial charge in [-0.1, -0.05) is 27.7 Å². The third kappa shape index (κ3) is 5.82. The molecular weight excluding hydrogens is 340 g/mol. The highest BCUT2D eigenvalue weighted by Crippen LogP contribution is 2.31. The number of benzene rings is 1. The van der Waals surface area contributed by atoms with E-state index in [2.05, 4.69) is 26.2 Å². The molecule has 20 heavy (non-hydrogen) atoms. The van der Waals surface area contributed by atoms with Crippen molar-refractivity contribution < 1.29 is 4.74 Å². The predicted octanol–water partition coefficient (Wildman–Crippen LogP) is 2.81. The van der Waals surface area contributed by atoms with E-state index in [9.17, 15) is 0 Å². The van der Waals surface area contributed by atoms with Crippen molar-refractivity contribution in [3.63, 3.8) is 0 Å². The molecular formula is C13H17BrN4OS. The molecule has 0 saturated heterocycles. The van der Waals surface area contributed by atoms with Gasteiger partial charge in [0.15, 0.2) is 11.4 Å². The Hall–Kier alpha value is -1.23. The number of thioether (sulfide) groups is 1. The number of nitrogens with one attached hydrogen (secondary N) is 1. The van der Waals surface area contributed by atoms with Crippen LogP contribution in [0.4, 0.5) is 5.69 Å². The van der Waals surface area contributed by atoms with Gasteiger partial charge in [0.25, 0.3) is 0 Å². The van der Waals surface area contributed by atoms with E-state index in [-0.39, 0.29) is 0 Å². The fraction of sp³-hybridized carbons (Fsp3) is 0.385. The number of hydrogen-bond donors (Lipinski definition) is 1. The summed E-state index contributed by atoms with van der Waals surface area (Å²) >= 11 is 4.79. The lowest BCUT2D eigenvalue weighted by Gasteiger charge is -2.13. The fourth-order valence-corrected chi connectivity index (χ4v) is 1.99. The molecule has 108 valence electrons. The zero-order chi connectivity index (χ0) is 15.0. The summed E-state index contributed by atoms with van der Waals surface area (Å²) in [6.45, 7) is 1.40. The molecule has 1 aromatic rings. The van der Waals surface area contributed by atoms with E-state index in [0.717, 1.165) is 11.0 Å². The first-order valence-corrected chi connectivity index (χ1v) is 7.93. The molecule has 0 aliphatic heterocycles. The average Bonchev–Trinajstić information content (AvgIpc) is 2.40. The van der Waals surface area contributed by atoms with Crippen molar-refractivity contribution >= 4 is 38.5 Å². The van der Waals surface area contributed by atoms with Gasteiger partial charge < -0.3 is 9.64 Å². The van der Waals surface area contributed by atoms with Gasteiger partial charge in [-0.3, -0.25) is 5.32 Å². The van der Waals surface area contributed by atoms with Gasteiger partial charge in [-0.05, 0) is 38.6 Å². The maximum absolute atomic E-state index is 8.66. The summed E-state index contributed by atoms with van der Waals surface area (Å²) in [6, 6.07) is 5.62. The lowest BCUT2D eigenvalue weighted by molar-refractivity contribution is 0.262. The zero-order valence-electron chi connectivity index (χ0n) is 11.7. The minimum atomic E-state index is 0.535. The molecule has 0 aromatic heterocycles. The molecule has 0 unspecified atom stereocenters. The summed E-state index contributed by atoms with van der Waals surface area (Å²) in [4.78, 5) is 6.44. The second-order valence-corrected chi connectivity index (χ2v) is 5.83. The molecule has 1 N–H and O–H groups in total. The molecule has 0 radical (unpaired) electrons. The zero-order valence-corrected chi connectivity index (χ0v) is 14.1. The lowest BCUT2D eigenvalue weighted by Crippen LogP contribution is -2.19. The van der Waals surface area contributed by atoms with Gasteiger partial charge in [-0.15, -0.1) is 0 Å². The van der Waals surface area contributed by atoms with Crippen LogP contribution in [0.1, 0.15) is 0 Å². The van der Waals surface area contributed by atoms with E-state index >= 15 is 0 Å². The van der Waals surface area contributed by atoms with Crippen LogP contribution in [-0.4, -0.2) is 43.6 Å². The highest BCUT2D eigenvalue weighted by atomic mass is 79.9. The number of ether oxygens (including phenoxy) is 1. The van der Waals surface area contributed by atoms with Gasteiger partial charge in [0.05, 0.1) is 0 Å². The van der Waals surface area contributed by atoms with Crippen LogP contribution in [-0.2, 0) is 0 Å². The van der Waals surface area contributed by atoms with Crippen LogP contribution >= 0.6 is 27.7 Å². The van der Waals surface area contributed by atoms with E-state index in [1.807, 2.05) is 49.6 Å². The van der Waals surface area contributed by atoms with E-state index in [4.69, 9.17) is 10.00 Å². The Balaban J connectivity index is 2.92. The first-order chi connectivity index (χ1) is 9.56. The summed E-state index contributed by atoms with van der Waals surface area (Å²) < 4.78 is 6.68. The average molecular weight is 357 g/mol. The van der Waals surface area contributed by atoms with Crippen molar-refractivity contribution in [2.24, 2.45) is 4.99 Å². The van der Waals surface area contributed by atoms with Crippen LogP contribution in [0.15, 0.2) is 27.7 Å². The van der Waals surface area contributed by atoms with Crippen LogP contribution < -0.4 is 10.1 Å². The monoisotopic (exact) mass is 356 g/mol. The Bertz CT molecular complexity index is 514. The molecule has 0 heterocycles. The topological polar surface area (TPSA) is 60.6 Å². The lowest BCUT2D eigenvalue weighted by atomic mass is 10.3. The third-order valence-corrected chi connectivity index (χ3v) is 3.37. The summed E-state index contributed by atoms with van der Waals surface area (Å²) in [5.74, 6) is 0.688. The second-order valence-electron chi connectivity index (χ2n) is 4.12. The Kier molecular flexibility index (Phi) is 7.44. The SMILES string of the molecule is CSC(=Nc1ccc(Br)cc1OCCN(C)C)NC#N. The highest BCUT2D eigenvalue weighted by molar-refractivity contribution is 9.10. The van der Waals surface area contributed by atoms with Crippen molar-refractivity contribution in [3.05, 3.63) is 22.7 Å². The number of amidine groups is 1. The standard InChI is InChI=1S/C13H17BrN4OS/c1-18(2)6-7-19-12-8-10(14)4-5-11(12)17-13(20-3)16-9-15/h4-5,8H,6-7H2,1-3H3,(H,16,17). The number of halogens is 1. The summed E-state index contributed by atoms with van der Waals surface area (Å²) in [6.07, 6.45) is 3.73.